The Morgan fingerprint density at radius 1 is 1.22 bits per heavy atom. The van der Waals surface area contributed by atoms with Crippen LogP contribution in [0.15, 0.2) is 41.1 Å². The van der Waals surface area contributed by atoms with Crippen LogP contribution in [0.4, 0.5) is 0 Å². The first kappa shape index (κ1) is 14.1. The van der Waals surface area contributed by atoms with Gasteiger partial charge in [0.15, 0.2) is 5.82 Å². The van der Waals surface area contributed by atoms with Crippen LogP contribution in [0.1, 0.15) is 36.5 Å². The molecule has 118 valence electrons. The first-order valence-electron chi connectivity index (χ1n) is 7.79. The molecule has 0 N–H and O–H groups in total. The van der Waals surface area contributed by atoms with E-state index in [9.17, 15) is 0 Å². The zero-order valence-electron chi connectivity index (χ0n) is 13.0. The third kappa shape index (κ3) is 2.87. The molecule has 1 fully saturated rings. The molecule has 0 radical (unpaired) electrons. The van der Waals surface area contributed by atoms with E-state index in [1.54, 1.807) is 11.0 Å². The van der Waals surface area contributed by atoms with E-state index in [1.807, 2.05) is 37.3 Å². The first-order chi connectivity index (χ1) is 11.3. The number of likely N-dealkylation sites (tertiary alicyclic amines) is 1. The fraction of sp³-hybridized carbons (Fsp3) is 0.375. The molecule has 7 nitrogen and oxygen atoms in total. The van der Waals surface area contributed by atoms with Gasteiger partial charge in [0.2, 0.25) is 11.8 Å². The molecule has 1 aliphatic heterocycles. The summed E-state index contributed by atoms with van der Waals surface area (Å²) in [4.78, 5) is 6.74. The van der Waals surface area contributed by atoms with Gasteiger partial charge >= 0.3 is 0 Å². The summed E-state index contributed by atoms with van der Waals surface area (Å²) in [6.07, 6.45) is 3.90. The maximum atomic E-state index is 5.60. The molecule has 1 saturated heterocycles. The van der Waals surface area contributed by atoms with Crippen LogP contribution in [0.3, 0.4) is 0 Å². The molecule has 3 aromatic rings. The van der Waals surface area contributed by atoms with E-state index in [2.05, 4.69) is 25.2 Å². The Hall–Kier alpha value is -2.54. The van der Waals surface area contributed by atoms with Crippen molar-refractivity contribution in [3.63, 3.8) is 0 Å². The summed E-state index contributed by atoms with van der Waals surface area (Å²) in [5.74, 6) is 2.11. The Morgan fingerprint density at radius 2 is 2.09 bits per heavy atom. The molecule has 23 heavy (non-hydrogen) atoms. The molecule has 1 aromatic carbocycles. The van der Waals surface area contributed by atoms with E-state index in [0.717, 1.165) is 30.9 Å². The second kappa shape index (κ2) is 5.92. The lowest BCUT2D eigenvalue weighted by atomic mass is 10.2. The van der Waals surface area contributed by atoms with Crippen molar-refractivity contribution in [2.24, 2.45) is 0 Å². The number of para-hydroxylation sites is 1. The normalized spacial score (nSPS) is 18.6. The van der Waals surface area contributed by atoms with Crippen LogP contribution in [0.5, 0.6) is 0 Å². The number of benzene rings is 1. The maximum Gasteiger partial charge on any atom is 0.233 e. The van der Waals surface area contributed by atoms with Crippen molar-refractivity contribution in [3.05, 3.63) is 54.3 Å². The number of rotatable bonds is 4. The molecule has 0 amide bonds. The molecule has 3 heterocycles. The second-order valence-electron chi connectivity index (χ2n) is 5.73. The summed E-state index contributed by atoms with van der Waals surface area (Å²) in [7, 11) is 0. The van der Waals surface area contributed by atoms with Gasteiger partial charge in [0.1, 0.15) is 6.33 Å². The average molecular weight is 310 g/mol. The molecule has 4 rings (SSSR count). The fourth-order valence-corrected chi connectivity index (χ4v) is 3.00. The zero-order valence-corrected chi connectivity index (χ0v) is 13.0. The van der Waals surface area contributed by atoms with Gasteiger partial charge in [-0.1, -0.05) is 18.2 Å². The predicted molar refractivity (Wildman–Crippen MR) is 82.8 cm³/mol. The Morgan fingerprint density at radius 3 is 2.87 bits per heavy atom. The minimum absolute atomic E-state index is 0.167. The van der Waals surface area contributed by atoms with Gasteiger partial charge in [-0.05, 0) is 31.5 Å². The van der Waals surface area contributed by atoms with Crippen LogP contribution in [-0.2, 0) is 6.54 Å². The Kier molecular flexibility index (Phi) is 3.63. The monoisotopic (exact) mass is 310 g/mol. The third-order valence-corrected chi connectivity index (χ3v) is 4.09. The molecule has 7 heteroatoms. The smallest absolute Gasteiger partial charge is 0.233 e. The molecular formula is C16H18N6O. The molecule has 0 saturated carbocycles. The van der Waals surface area contributed by atoms with Gasteiger partial charge in [-0.3, -0.25) is 4.90 Å². The molecule has 0 unspecified atom stereocenters. The van der Waals surface area contributed by atoms with Gasteiger partial charge in [0.05, 0.1) is 18.3 Å². The highest BCUT2D eigenvalue weighted by molar-refractivity contribution is 5.29. The summed E-state index contributed by atoms with van der Waals surface area (Å²) in [6.45, 7) is 3.50. The van der Waals surface area contributed by atoms with Crippen molar-refractivity contribution in [2.75, 3.05) is 6.54 Å². The molecule has 1 atom stereocenters. The van der Waals surface area contributed by atoms with Crippen LogP contribution < -0.4 is 0 Å². The highest BCUT2D eigenvalue weighted by Crippen LogP contribution is 2.31. The van der Waals surface area contributed by atoms with E-state index in [-0.39, 0.29) is 6.04 Å². The van der Waals surface area contributed by atoms with Gasteiger partial charge in [0, 0.05) is 6.92 Å². The summed E-state index contributed by atoms with van der Waals surface area (Å²) >= 11 is 0. The van der Waals surface area contributed by atoms with E-state index in [4.69, 9.17) is 4.42 Å². The van der Waals surface area contributed by atoms with E-state index >= 15 is 0 Å². The van der Waals surface area contributed by atoms with Crippen LogP contribution >= 0.6 is 0 Å². The summed E-state index contributed by atoms with van der Waals surface area (Å²) < 4.78 is 7.40. The molecule has 2 aromatic heterocycles. The van der Waals surface area contributed by atoms with Crippen molar-refractivity contribution < 1.29 is 4.42 Å². The Bertz CT molecular complexity index is 781. The number of aryl methyl sites for hydroxylation is 1. The summed E-state index contributed by atoms with van der Waals surface area (Å²) in [5.41, 5.74) is 1.01. The van der Waals surface area contributed by atoms with Gasteiger partial charge in [-0.2, -0.15) is 0 Å². The lowest BCUT2D eigenvalue weighted by Gasteiger charge is -2.19. The third-order valence-electron chi connectivity index (χ3n) is 4.09. The quantitative estimate of drug-likeness (QED) is 0.736. The molecule has 0 aliphatic carbocycles. The van der Waals surface area contributed by atoms with Crippen molar-refractivity contribution >= 4 is 0 Å². The molecule has 0 bridgehead atoms. The van der Waals surface area contributed by atoms with Crippen molar-refractivity contribution in [1.29, 1.82) is 0 Å². The zero-order chi connectivity index (χ0) is 15.6. The Balaban J connectivity index is 1.50. The number of hydrogen-bond acceptors (Lipinski definition) is 6. The van der Waals surface area contributed by atoms with Crippen molar-refractivity contribution in [1.82, 2.24) is 29.9 Å². The van der Waals surface area contributed by atoms with Gasteiger partial charge < -0.3 is 4.42 Å². The predicted octanol–water partition coefficient (Wildman–Crippen LogP) is 2.30. The minimum Gasteiger partial charge on any atom is -0.424 e. The fourth-order valence-electron chi connectivity index (χ4n) is 3.00. The second-order valence-corrected chi connectivity index (χ2v) is 5.73. The van der Waals surface area contributed by atoms with E-state index in [1.165, 1.54) is 0 Å². The van der Waals surface area contributed by atoms with Gasteiger partial charge in [0.25, 0.3) is 0 Å². The van der Waals surface area contributed by atoms with Crippen LogP contribution in [0.25, 0.3) is 5.69 Å². The van der Waals surface area contributed by atoms with E-state index < -0.39 is 0 Å². The van der Waals surface area contributed by atoms with Crippen LogP contribution in [0, 0.1) is 6.92 Å². The standard InChI is InChI=1S/C16H18N6O/c1-12-18-19-16(23-12)14-8-5-9-21(14)10-15-17-11-22(20-15)13-6-3-2-4-7-13/h2-4,6-7,11,14H,5,8-10H2,1H3/t14-/m1/s1. The van der Waals surface area contributed by atoms with E-state index in [0.29, 0.717) is 18.3 Å². The SMILES string of the molecule is Cc1nnc([C@H]2CCCN2Cc2ncn(-c3ccccc3)n2)o1. The topological polar surface area (TPSA) is 72.9 Å². The summed E-state index contributed by atoms with van der Waals surface area (Å²) in [5, 5.41) is 12.7. The van der Waals surface area contributed by atoms with Crippen LogP contribution in [-0.4, -0.2) is 36.4 Å². The lowest BCUT2D eigenvalue weighted by molar-refractivity contribution is 0.208. The molecule has 1 aliphatic rings. The highest BCUT2D eigenvalue weighted by Gasteiger charge is 2.30. The minimum atomic E-state index is 0.167. The van der Waals surface area contributed by atoms with Gasteiger partial charge in [-0.25, -0.2) is 9.67 Å². The first-order valence-corrected chi connectivity index (χ1v) is 7.79. The highest BCUT2D eigenvalue weighted by atomic mass is 16.4. The largest absolute Gasteiger partial charge is 0.424 e. The lowest BCUT2D eigenvalue weighted by Crippen LogP contribution is -2.23. The van der Waals surface area contributed by atoms with Crippen molar-refractivity contribution in [2.45, 2.75) is 32.4 Å². The average Bonchev–Trinajstić information content (AvgIpc) is 3.29. The maximum absolute atomic E-state index is 5.60. The van der Waals surface area contributed by atoms with Crippen molar-refractivity contribution in [3.8, 4) is 5.69 Å². The van der Waals surface area contributed by atoms with Gasteiger partial charge in [-0.15, -0.1) is 15.3 Å². The number of aromatic nitrogens is 5. The number of nitrogens with zero attached hydrogens (tertiary/aromatic N) is 6. The van der Waals surface area contributed by atoms with Crippen LogP contribution in [0.2, 0.25) is 0 Å². The molecule has 0 spiro atoms. The molecular weight excluding hydrogens is 292 g/mol. The number of hydrogen-bond donors (Lipinski definition) is 0. The Labute approximate surface area is 134 Å². The summed E-state index contributed by atoms with van der Waals surface area (Å²) in [6, 6.07) is 10.2.